The Morgan fingerprint density at radius 1 is 0.828 bits per heavy atom. The molecule has 0 saturated carbocycles. The van der Waals surface area contributed by atoms with Crippen LogP contribution in [0.2, 0.25) is 0 Å². The van der Waals surface area contributed by atoms with Crippen molar-refractivity contribution in [1.29, 1.82) is 0 Å². The van der Waals surface area contributed by atoms with Crippen LogP contribution in [0.25, 0.3) is 10.1 Å². The number of methoxy groups -OCH3 is 1. The number of Topliss-reactive ketones (excluding diaryl/α,β-unsaturated/α-hetero) is 1. The molecule has 0 radical (unpaired) electrons. The zero-order valence-corrected chi connectivity index (χ0v) is 16.6. The number of hydrogen-bond acceptors (Lipinski definition) is 5. The molecule has 0 spiro atoms. The lowest BCUT2D eigenvalue weighted by atomic mass is 10.1. The summed E-state index contributed by atoms with van der Waals surface area (Å²) < 4.78 is 12.0. The molecule has 4 nitrogen and oxygen atoms in total. The van der Waals surface area contributed by atoms with E-state index in [0.717, 1.165) is 10.1 Å². The van der Waals surface area contributed by atoms with Gasteiger partial charge < -0.3 is 9.47 Å². The second kappa shape index (κ2) is 8.29. The summed E-state index contributed by atoms with van der Waals surface area (Å²) in [5.74, 6) is 0.864. The highest BCUT2D eigenvalue weighted by molar-refractivity contribution is 7.21. The van der Waals surface area contributed by atoms with Gasteiger partial charge in [0.25, 0.3) is 0 Å². The number of hydrogen-bond donors (Lipinski definition) is 0. The maximum Gasteiger partial charge on any atom is 0.206 e. The fraction of sp³-hybridized carbons (Fsp3) is 0.0833. The highest BCUT2D eigenvalue weighted by atomic mass is 32.1. The third kappa shape index (κ3) is 3.91. The van der Waals surface area contributed by atoms with Crippen LogP contribution >= 0.6 is 11.3 Å². The Morgan fingerprint density at radius 2 is 1.52 bits per heavy atom. The number of benzene rings is 3. The Hall–Kier alpha value is -3.44. The van der Waals surface area contributed by atoms with Gasteiger partial charge in [0.1, 0.15) is 16.4 Å². The first-order chi connectivity index (χ1) is 14.2. The van der Waals surface area contributed by atoms with E-state index in [1.807, 2.05) is 42.5 Å². The number of ketones is 2. The minimum atomic E-state index is -0.166. The van der Waals surface area contributed by atoms with Crippen LogP contribution in [0.1, 0.15) is 25.6 Å². The highest BCUT2D eigenvalue weighted by Crippen LogP contribution is 2.39. The maximum absolute atomic E-state index is 13.1. The van der Waals surface area contributed by atoms with Crippen molar-refractivity contribution in [3.8, 4) is 11.5 Å². The van der Waals surface area contributed by atoms with E-state index < -0.39 is 0 Å². The van der Waals surface area contributed by atoms with E-state index in [1.165, 1.54) is 11.3 Å². The van der Waals surface area contributed by atoms with Crippen molar-refractivity contribution in [3.63, 3.8) is 0 Å². The average molecular weight is 402 g/mol. The van der Waals surface area contributed by atoms with Crippen molar-refractivity contribution in [1.82, 2.24) is 0 Å². The molecule has 1 aromatic heterocycles. The fourth-order valence-electron chi connectivity index (χ4n) is 3.03. The molecule has 144 valence electrons. The number of ether oxygens (including phenoxy) is 2. The van der Waals surface area contributed by atoms with Crippen molar-refractivity contribution in [2.75, 3.05) is 13.7 Å². The van der Waals surface area contributed by atoms with E-state index in [4.69, 9.17) is 9.47 Å². The van der Waals surface area contributed by atoms with Crippen LogP contribution in [0.3, 0.4) is 0 Å². The molecule has 3 aromatic carbocycles. The first kappa shape index (κ1) is 18.9. The molecule has 4 aromatic rings. The first-order valence-electron chi connectivity index (χ1n) is 9.08. The number of carbonyl (C=O) groups is 2. The maximum atomic E-state index is 13.1. The predicted molar refractivity (Wildman–Crippen MR) is 115 cm³/mol. The zero-order chi connectivity index (χ0) is 20.2. The van der Waals surface area contributed by atoms with Crippen LogP contribution in [-0.2, 0) is 0 Å². The van der Waals surface area contributed by atoms with E-state index in [0.29, 0.717) is 27.5 Å². The molecule has 0 fully saturated rings. The quantitative estimate of drug-likeness (QED) is 0.388. The van der Waals surface area contributed by atoms with Gasteiger partial charge >= 0.3 is 0 Å². The molecule has 0 unspecified atom stereocenters. The Labute approximate surface area is 172 Å². The summed E-state index contributed by atoms with van der Waals surface area (Å²) in [4.78, 5) is 26.1. The molecule has 0 aliphatic rings. The van der Waals surface area contributed by atoms with E-state index in [2.05, 4.69) is 0 Å². The second-order valence-electron chi connectivity index (χ2n) is 6.39. The predicted octanol–water partition coefficient (Wildman–Crippen LogP) is 5.40. The first-order valence-corrected chi connectivity index (χ1v) is 9.90. The second-order valence-corrected chi connectivity index (χ2v) is 7.44. The smallest absolute Gasteiger partial charge is 0.206 e. The van der Waals surface area contributed by atoms with Crippen LogP contribution in [0.15, 0.2) is 78.9 Å². The molecule has 29 heavy (non-hydrogen) atoms. The van der Waals surface area contributed by atoms with Gasteiger partial charge in [-0.2, -0.15) is 0 Å². The number of fused-ring (bicyclic) bond motifs is 1. The lowest BCUT2D eigenvalue weighted by Gasteiger charge is -2.08. The van der Waals surface area contributed by atoms with Crippen molar-refractivity contribution >= 4 is 33.0 Å². The molecule has 0 bridgehead atoms. The van der Waals surface area contributed by atoms with Crippen LogP contribution in [0, 0.1) is 0 Å². The number of rotatable bonds is 7. The summed E-state index contributed by atoms with van der Waals surface area (Å²) >= 11 is 1.38. The third-order valence-corrected chi connectivity index (χ3v) is 5.70. The van der Waals surface area contributed by atoms with Crippen LogP contribution in [-0.4, -0.2) is 25.3 Å². The minimum absolute atomic E-state index is 0.112. The van der Waals surface area contributed by atoms with E-state index in [9.17, 15) is 9.59 Å². The summed E-state index contributed by atoms with van der Waals surface area (Å²) in [5.41, 5.74) is 1.12. The summed E-state index contributed by atoms with van der Waals surface area (Å²) in [6.45, 7) is -0.151. The van der Waals surface area contributed by atoms with Crippen LogP contribution < -0.4 is 9.47 Å². The van der Waals surface area contributed by atoms with Crippen molar-refractivity contribution in [2.24, 2.45) is 0 Å². The average Bonchev–Trinajstić information content (AvgIpc) is 3.16. The molecule has 0 N–H and O–H groups in total. The standard InChI is InChI=1S/C24H18O4S/c1-27-18-13-11-16(12-14-18)20(25)15-28-23-19-9-5-6-10-21(19)29-24(23)22(26)17-7-3-2-4-8-17/h2-14H,15H2,1H3. The van der Waals surface area contributed by atoms with Gasteiger partial charge in [0.15, 0.2) is 12.4 Å². The van der Waals surface area contributed by atoms with Gasteiger partial charge in [0.05, 0.1) is 7.11 Å². The molecule has 0 amide bonds. The number of carbonyl (C=O) groups excluding carboxylic acids is 2. The zero-order valence-electron chi connectivity index (χ0n) is 15.8. The Kier molecular flexibility index (Phi) is 5.40. The van der Waals surface area contributed by atoms with E-state index in [-0.39, 0.29) is 18.2 Å². The van der Waals surface area contributed by atoms with Gasteiger partial charge in [-0.05, 0) is 36.4 Å². The SMILES string of the molecule is COc1ccc(C(=O)COc2c(C(=O)c3ccccc3)sc3ccccc23)cc1. The summed E-state index contributed by atoms with van der Waals surface area (Å²) in [6, 6.07) is 23.6. The molecular formula is C24H18O4S. The van der Waals surface area contributed by atoms with Gasteiger partial charge in [-0.3, -0.25) is 9.59 Å². The van der Waals surface area contributed by atoms with Gasteiger partial charge in [0.2, 0.25) is 5.78 Å². The molecule has 4 rings (SSSR count). The van der Waals surface area contributed by atoms with Crippen LogP contribution in [0.4, 0.5) is 0 Å². The van der Waals surface area contributed by atoms with Gasteiger partial charge in [-0.25, -0.2) is 0 Å². The molecule has 0 aliphatic heterocycles. The summed E-state index contributed by atoms with van der Waals surface area (Å²) in [6.07, 6.45) is 0. The van der Waals surface area contributed by atoms with Gasteiger partial charge in [-0.15, -0.1) is 11.3 Å². The Bertz CT molecular complexity index is 1160. The lowest BCUT2D eigenvalue weighted by Crippen LogP contribution is -2.13. The minimum Gasteiger partial charge on any atom is -0.497 e. The normalized spacial score (nSPS) is 10.7. The van der Waals surface area contributed by atoms with Crippen molar-refractivity contribution in [2.45, 2.75) is 0 Å². The largest absolute Gasteiger partial charge is 0.497 e. The van der Waals surface area contributed by atoms with Crippen molar-refractivity contribution in [3.05, 3.63) is 94.9 Å². The lowest BCUT2D eigenvalue weighted by molar-refractivity contribution is 0.0917. The molecule has 0 aliphatic carbocycles. The molecule has 1 heterocycles. The van der Waals surface area contributed by atoms with Crippen LogP contribution in [0.5, 0.6) is 11.5 Å². The summed E-state index contributed by atoms with van der Waals surface area (Å²) in [7, 11) is 1.58. The number of thiophene rings is 1. The van der Waals surface area contributed by atoms with Gasteiger partial charge in [-0.1, -0.05) is 42.5 Å². The van der Waals surface area contributed by atoms with Crippen molar-refractivity contribution < 1.29 is 19.1 Å². The Balaban J connectivity index is 1.63. The molecule has 0 saturated heterocycles. The van der Waals surface area contributed by atoms with E-state index in [1.54, 1.807) is 43.5 Å². The highest BCUT2D eigenvalue weighted by Gasteiger charge is 2.22. The van der Waals surface area contributed by atoms with E-state index >= 15 is 0 Å². The summed E-state index contributed by atoms with van der Waals surface area (Å²) in [5, 5.41) is 0.833. The Morgan fingerprint density at radius 3 is 2.24 bits per heavy atom. The topological polar surface area (TPSA) is 52.6 Å². The fourth-order valence-corrected chi connectivity index (χ4v) is 4.14. The molecule has 5 heteroatoms. The molecular weight excluding hydrogens is 384 g/mol. The molecule has 0 atom stereocenters. The third-order valence-electron chi connectivity index (χ3n) is 4.55. The monoisotopic (exact) mass is 402 g/mol. The van der Waals surface area contributed by atoms with Gasteiger partial charge in [0, 0.05) is 21.2 Å².